The topological polar surface area (TPSA) is 103 Å². The zero-order valence-electron chi connectivity index (χ0n) is 14.3. The van der Waals surface area contributed by atoms with E-state index in [0.29, 0.717) is 4.91 Å². The van der Waals surface area contributed by atoms with Gasteiger partial charge in [0.2, 0.25) is 5.91 Å². The van der Waals surface area contributed by atoms with E-state index in [2.05, 4.69) is 16.4 Å². The normalized spacial score (nSPS) is 28.9. The van der Waals surface area contributed by atoms with Gasteiger partial charge in [0.15, 0.2) is 4.34 Å². The summed E-state index contributed by atoms with van der Waals surface area (Å²) in [6, 6.07) is -0.294. The van der Waals surface area contributed by atoms with Crippen molar-refractivity contribution in [3.63, 3.8) is 0 Å². The minimum Gasteiger partial charge on any atom is -0.477 e. The maximum Gasteiger partial charge on any atom is 0.353 e. The number of fused-ring (bicyclic) bond motifs is 1. The first-order valence-corrected chi connectivity index (χ1v) is 10.1. The molecule has 3 N–H and O–H groups in total. The van der Waals surface area contributed by atoms with Gasteiger partial charge in [0.25, 0.3) is 0 Å². The number of β-lactam (4-membered cyclic amide) rings is 1. The predicted octanol–water partition coefficient (Wildman–Crippen LogP) is 1.38. The molecule has 26 heavy (non-hydrogen) atoms. The molecule has 0 spiro atoms. The lowest BCUT2D eigenvalue weighted by atomic mass is 9.79. The van der Waals surface area contributed by atoms with Crippen molar-refractivity contribution >= 4 is 40.5 Å². The summed E-state index contributed by atoms with van der Waals surface area (Å²) in [7, 11) is 0. The number of nitrogens with one attached hydrogen (secondary N) is 1. The molecule has 0 radical (unpaired) electrons. The molecule has 1 fully saturated rings. The molecule has 3 aliphatic heterocycles. The second kappa shape index (κ2) is 6.49. The van der Waals surface area contributed by atoms with Gasteiger partial charge in [0, 0.05) is 29.3 Å². The van der Waals surface area contributed by atoms with E-state index in [1.165, 1.54) is 28.0 Å². The van der Waals surface area contributed by atoms with Crippen LogP contribution in [-0.2, 0) is 9.59 Å². The van der Waals surface area contributed by atoms with E-state index >= 15 is 0 Å². The number of hydrogen-bond donors (Lipinski definition) is 3. The number of carboxylic acids is 1. The van der Waals surface area contributed by atoms with Gasteiger partial charge in [-0.3, -0.25) is 4.79 Å². The minimum absolute atomic E-state index is 0.0351. The molecule has 3 aliphatic rings. The zero-order valence-corrected chi connectivity index (χ0v) is 15.9. The number of hydrogen-bond acceptors (Lipinski definition) is 7. The van der Waals surface area contributed by atoms with E-state index < -0.39 is 18.0 Å². The maximum atomic E-state index is 12.4. The van der Waals surface area contributed by atoms with E-state index in [1.54, 1.807) is 6.92 Å². The maximum absolute atomic E-state index is 12.4. The molecular formula is C17H19N3O4S2. The number of thioether (sulfide) groups is 1. The highest BCUT2D eigenvalue weighted by atomic mass is 32.2. The van der Waals surface area contributed by atoms with Gasteiger partial charge < -0.3 is 20.4 Å². The second-order valence-corrected chi connectivity index (χ2v) is 8.88. The zero-order chi connectivity index (χ0) is 18.6. The highest BCUT2D eigenvalue weighted by molar-refractivity contribution is 8.04. The second-order valence-electron chi connectivity index (χ2n) is 6.73. The molecule has 9 heteroatoms. The van der Waals surface area contributed by atoms with Gasteiger partial charge in [-0.05, 0) is 12.5 Å². The Bertz CT molecular complexity index is 845. The number of nitrogens with zero attached hydrogens (tertiary/aromatic N) is 2. The first-order valence-electron chi connectivity index (χ1n) is 8.42. The lowest BCUT2D eigenvalue weighted by molar-refractivity contribution is -0.163. The van der Waals surface area contributed by atoms with Crippen LogP contribution in [0.1, 0.15) is 19.5 Å². The van der Waals surface area contributed by atoms with Gasteiger partial charge in [0.1, 0.15) is 5.70 Å². The van der Waals surface area contributed by atoms with Crippen LogP contribution >= 0.6 is 23.1 Å². The van der Waals surface area contributed by atoms with Gasteiger partial charge in [0.05, 0.1) is 23.8 Å². The highest BCUT2D eigenvalue weighted by Crippen LogP contribution is 2.52. The number of rotatable bonds is 5. The van der Waals surface area contributed by atoms with Crippen LogP contribution in [0.4, 0.5) is 0 Å². The van der Waals surface area contributed by atoms with Gasteiger partial charge >= 0.3 is 5.97 Å². The molecule has 1 saturated heterocycles. The third kappa shape index (κ3) is 2.61. The number of carboxylic acid groups (broad SMARTS) is 1. The summed E-state index contributed by atoms with van der Waals surface area (Å²) in [4.78, 5) is 30.8. The molecule has 1 aromatic rings. The molecule has 4 heterocycles. The van der Waals surface area contributed by atoms with E-state index in [-0.39, 0.29) is 23.6 Å². The van der Waals surface area contributed by atoms with Crippen molar-refractivity contribution in [2.45, 2.75) is 30.3 Å². The fourth-order valence-electron chi connectivity index (χ4n) is 3.87. The third-order valence-electron chi connectivity index (χ3n) is 5.13. The average molecular weight is 393 g/mol. The number of amides is 1. The standard InChI is InChI=1S/C17H19N3O4S2/c1-7-12-11(8(2)21)15(22)20(12)13(16(23)24)14(7)26-17-19-10(6-25-17)9-3-4-18-5-9/h3,6-8,11-12,18,21H,4-5H2,1-2H3,(H,23,24). The number of carbonyl (C=O) groups is 2. The summed E-state index contributed by atoms with van der Waals surface area (Å²) in [6.07, 6.45) is 1.31. The van der Waals surface area contributed by atoms with Crippen molar-refractivity contribution in [2.24, 2.45) is 11.8 Å². The van der Waals surface area contributed by atoms with Crippen LogP contribution < -0.4 is 5.32 Å². The Morgan fingerprint density at radius 1 is 1.54 bits per heavy atom. The van der Waals surface area contributed by atoms with Crippen LogP contribution in [0, 0.1) is 11.8 Å². The van der Waals surface area contributed by atoms with Crippen molar-refractivity contribution in [2.75, 3.05) is 13.1 Å². The molecule has 4 unspecified atom stereocenters. The third-order valence-corrected chi connectivity index (χ3v) is 7.35. The lowest BCUT2D eigenvalue weighted by Gasteiger charge is -2.46. The molecule has 4 atom stereocenters. The summed E-state index contributed by atoms with van der Waals surface area (Å²) in [5.41, 5.74) is 2.09. The molecule has 138 valence electrons. The fraction of sp³-hybridized carbons (Fsp3) is 0.471. The number of aliphatic carboxylic acids is 1. The number of aliphatic hydroxyl groups excluding tert-OH is 1. The van der Waals surface area contributed by atoms with Crippen molar-refractivity contribution in [1.82, 2.24) is 15.2 Å². The minimum atomic E-state index is -1.11. The van der Waals surface area contributed by atoms with Crippen LogP contribution in [0.15, 0.2) is 26.4 Å². The summed E-state index contributed by atoms with van der Waals surface area (Å²) in [5, 5.41) is 24.8. The van der Waals surface area contributed by atoms with Crippen molar-refractivity contribution in [3.05, 3.63) is 27.8 Å². The number of carbonyl (C=O) groups excluding carboxylic acids is 1. The smallest absolute Gasteiger partial charge is 0.353 e. The monoisotopic (exact) mass is 393 g/mol. The van der Waals surface area contributed by atoms with Crippen LogP contribution in [0.3, 0.4) is 0 Å². The number of aliphatic hydroxyl groups is 1. The van der Waals surface area contributed by atoms with Gasteiger partial charge in [-0.1, -0.05) is 24.8 Å². The molecule has 0 aliphatic carbocycles. The molecule has 7 nitrogen and oxygen atoms in total. The molecule has 0 aromatic carbocycles. The summed E-state index contributed by atoms with van der Waals surface area (Å²) >= 11 is 2.79. The SMILES string of the molecule is CC(O)C1C(=O)N2C(C(=O)O)=C(Sc3nc(C4=CCNC4)cs3)C(C)C12. The Morgan fingerprint density at radius 3 is 2.92 bits per heavy atom. The first-order chi connectivity index (χ1) is 12.4. The van der Waals surface area contributed by atoms with Crippen LogP contribution in [-0.4, -0.2) is 57.2 Å². The highest BCUT2D eigenvalue weighted by Gasteiger charge is 2.60. The Morgan fingerprint density at radius 2 is 2.31 bits per heavy atom. The molecule has 1 aromatic heterocycles. The number of aromatic nitrogens is 1. The Labute approximate surface area is 158 Å². The van der Waals surface area contributed by atoms with Crippen molar-refractivity contribution in [1.29, 1.82) is 0 Å². The van der Waals surface area contributed by atoms with Crippen LogP contribution in [0.25, 0.3) is 5.57 Å². The molecule has 0 bridgehead atoms. The van der Waals surface area contributed by atoms with Crippen molar-refractivity contribution in [3.8, 4) is 0 Å². The Kier molecular flexibility index (Phi) is 4.42. The van der Waals surface area contributed by atoms with E-state index in [1.807, 2.05) is 12.3 Å². The molecule has 1 amide bonds. The van der Waals surface area contributed by atoms with E-state index in [4.69, 9.17) is 0 Å². The summed E-state index contributed by atoms with van der Waals surface area (Å²) in [6.45, 7) is 5.11. The van der Waals surface area contributed by atoms with Gasteiger partial charge in [-0.2, -0.15) is 0 Å². The van der Waals surface area contributed by atoms with Crippen LogP contribution in [0.5, 0.6) is 0 Å². The molecule has 0 saturated carbocycles. The first kappa shape index (κ1) is 17.7. The predicted molar refractivity (Wildman–Crippen MR) is 98.4 cm³/mol. The average Bonchev–Trinajstić information content (AvgIpc) is 3.28. The lowest BCUT2D eigenvalue weighted by Crippen LogP contribution is -2.63. The quantitative estimate of drug-likeness (QED) is 0.650. The van der Waals surface area contributed by atoms with E-state index in [9.17, 15) is 19.8 Å². The van der Waals surface area contributed by atoms with Gasteiger partial charge in [-0.25, -0.2) is 9.78 Å². The Balaban J connectivity index is 1.63. The molecular weight excluding hydrogens is 374 g/mol. The summed E-state index contributed by atoms with van der Waals surface area (Å²) < 4.78 is 0.761. The largest absolute Gasteiger partial charge is 0.477 e. The molecule has 4 rings (SSSR count). The number of thiazole rings is 1. The fourth-order valence-corrected chi connectivity index (χ4v) is 5.99. The summed E-state index contributed by atoms with van der Waals surface area (Å²) in [5.74, 6) is -2.12. The van der Waals surface area contributed by atoms with Gasteiger partial charge in [-0.15, -0.1) is 11.3 Å². The van der Waals surface area contributed by atoms with E-state index in [0.717, 1.165) is 28.7 Å². The van der Waals surface area contributed by atoms with Crippen LogP contribution in [0.2, 0.25) is 0 Å². The Hall–Kier alpha value is -1.68. The van der Waals surface area contributed by atoms with Crippen molar-refractivity contribution < 1.29 is 19.8 Å².